The van der Waals surface area contributed by atoms with E-state index in [0.717, 1.165) is 0 Å². The number of carbonyl (C=O) groups excluding carboxylic acids is 1. The van der Waals surface area contributed by atoms with Gasteiger partial charge in [-0.25, -0.2) is 0 Å². The van der Waals surface area contributed by atoms with Gasteiger partial charge in [-0.05, 0) is 0 Å². The van der Waals surface area contributed by atoms with Crippen LogP contribution in [0.4, 0.5) is 0 Å². The third-order valence-electron chi connectivity index (χ3n) is 0.516. The van der Waals surface area contributed by atoms with Crippen molar-refractivity contribution < 1.29 is 9.45 Å². The maximum absolute atomic E-state index is 9.96. The van der Waals surface area contributed by atoms with Crippen LogP contribution in [-0.2, 0) is 9.45 Å². The molecule has 0 unspecified atom stereocenters. The van der Waals surface area contributed by atoms with Crippen LogP contribution in [0.3, 0.4) is 0 Å². The number of rotatable bonds is 1. The van der Waals surface area contributed by atoms with Gasteiger partial charge < -0.3 is 4.65 Å². The summed E-state index contributed by atoms with van der Waals surface area (Å²) in [5.74, 6) is -0.157. The summed E-state index contributed by atoms with van der Waals surface area (Å²) < 4.78 is 4.26. The molecule has 0 aromatic rings. The van der Waals surface area contributed by atoms with E-state index in [9.17, 15) is 4.79 Å². The Hall–Kier alpha value is 0.535. The zero-order valence-corrected chi connectivity index (χ0v) is 4.02. The van der Waals surface area contributed by atoms with Gasteiger partial charge in [-0.1, -0.05) is 6.92 Å². The Kier molecular flexibility index (Phi) is 9.81. The van der Waals surface area contributed by atoms with E-state index >= 15 is 0 Å². The molecule has 0 aliphatic carbocycles. The van der Waals surface area contributed by atoms with Crippen LogP contribution in [-0.4, -0.2) is 43.6 Å². The van der Waals surface area contributed by atoms with Crippen LogP contribution >= 0.6 is 0 Å². The number of carbonyl (C=O) groups is 1. The monoisotopic (exact) mass is 110 g/mol. The van der Waals surface area contributed by atoms with Crippen molar-refractivity contribution in [2.45, 2.75) is 13.3 Å². The summed E-state index contributed by atoms with van der Waals surface area (Å²) in [5, 5.41) is 0. The topological polar surface area (TPSA) is 26.3 Å². The SMILES string of the molecule is BOC(=O)CC.[NaH]. The second kappa shape index (κ2) is 6.53. The molecule has 0 fully saturated rings. The summed E-state index contributed by atoms with van der Waals surface area (Å²) in [6.07, 6.45) is 0.469. The molecule has 4 heteroatoms. The van der Waals surface area contributed by atoms with Crippen LogP contribution in [0, 0.1) is 0 Å². The Labute approximate surface area is 66.3 Å². The summed E-state index contributed by atoms with van der Waals surface area (Å²) in [5.41, 5.74) is 0. The predicted octanol–water partition coefficient (Wildman–Crippen LogP) is -1.16. The van der Waals surface area contributed by atoms with Gasteiger partial charge in [0.05, 0.1) is 0 Å². The van der Waals surface area contributed by atoms with Crippen molar-refractivity contribution in [1.82, 2.24) is 0 Å². The van der Waals surface area contributed by atoms with Crippen LogP contribution in [0.1, 0.15) is 13.3 Å². The van der Waals surface area contributed by atoms with E-state index in [1.54, 1.807) is 6.92 Å². The molecular formula is C3H8BNaO2. The second-order valence-electron chi connectivity index (χ2n) is 0.930. The molecule has 0 atom stereocenters. The number of hydrogen-bond donors (Lipinski definition) is 0. The molecule has 0 aromatic carbocycles. The summed E-state index contributed by atoms with van der Waals surface area (Å²) in [6, 6.07) is 0. The molecule has 2 nitrogen and oxygen atoms in total. The average Bonchev–Trinajstić information content (AvgIpc) is 1.65. The standard InChI is InChI=1S/C3H7BO2.Na.H/c1-2-3(5)6-4;;/h2,4H2,1H3;;. The zero-order valence-electron chi connectivity index (χ0n) is 4.02. The quantitative estimate of drug-likeness (QED) is 0.398. The van der Waals surface area contributed by atoms with Crippen LogP contribution in [0.5, 0.6) is 0 Å². The minimum atomic E-state index is -0.157. The van der Waals surface area contributed by atoms with Crippen molar-refractivity contribution in [2.24, 2.45) is 0 Å². The molecule has 0 heterocycles. The maximum atomic E-state index is 9.96. The Morgan fingerprint density at radius 3 is 2.29 bits per heavy atom. The summed E-state index contributed by atoms with van der Waals surface area (Å²) in [4.78, 5) is 9.96. The Balaban J connectivity index is 0. The van der Waals surface area contributed by atoms with Crippen LogP contribution in [0.25, 0.3) is 0 Å². The third-order valence-corrected chi connectivity index (χ3v) is 0.516. The van der Waals surface area contributed by atoms with Gasteiger partial charge in [-0.15, -0.1) is 0 Å². The molecule has 0 N–H and O–H groups in total. The van der Waals surface area contributed by atoms with Crippen molar-refractivity contribution >= 4 is 43.6 Å². The fraction of sp³-hybridized carbons (Fsp3) is 0.667. The molecule has 0 aliphatic heterocycles. The van der Waals surface area contributed by atoms with Gasteiger partial charge in [0.1, 0.15) is 0 Å². The Morgan fingerprint density at radius 1 is 1.86 bits per heavy atom. The van der Waals surface area contributed by atoms with E-state index in [-0.39, 0.29) is 35.5 Å². The molecular weight excluding hydrogens is 102 g/mol. The predicted molar refractivity (Wildman–Crippen MR) is 32.1 cm³/mol. The molecule has 0 spiro atoms. The minimum absolute atomic E-state index is 0. The van der Waals surface area contributed by atoms with Crippen molar-refractivity contribution in [3.63, 3.8) is 0 Å². The fourth-order valence-electron chi connectivity index (χ4n) is 0.144. The van der Waals surface area contributed by atoms with E-state index in [0.29, 0.717) is 6.42 Å². The summed E-state index contributed by atoms with van der Waals surface area (Å²) >= 11 is 0. The first kappa shape index (κ1) is 10.5. The van der Waals surface area contributed by atoms with Crippen molar-refractivity contribution in [1.29, 1.82) is 0 Å². The molecule has 0 saturated heterocycles. The van der Waals surface area contributed by atoms with E-state index < -0.39 is 0 Å². The van der Waals surface area contributed by atoms with Gasteiger partial charge in [-0.2, -0.15) is 0 Å². The van der Waals surface area contributed by atoms with Gasteiger partial charge in [-0.3, -0.25) is 4.79 Å². The Bertz CT molecular complexity index is 50.9. The summed E-state index contributed by atoms with van der Waals surface area (Å²) in [7, 11) is 1.38. The molecule has 0 rings (SSSR count). The molecule has 0 bridgehead atoms. The normalized spacial score (nSPS) is 6.43. The molecule has 0 amide bonds. The third kappa shape index (κ3) is 6.53. The first-order valence-electron chi connectivity index (χ1n) is 1.88. The molecule has 7 heavy (non-hydrogen) atoms. The van der Waals surface area contributed by atoms with Gasteiger partial charge in [0, 0.05) is 6.42 Å². The average molecular weight is 110 g/mol. The first-order chi connectivity index (χ1) is 2.81. The van der Waals surface area contributed by atoms with Crippen LogP contribution in [0.2, 0.25) is 0 Å². The Morgan fingerprint density at radius 2 is 2.29 bits per heavy atom. The van der Waals surface area contributed by atoms with Gasteiger partial charge in [0.15, 0.2) is 0 Å². The van der Waals surface area contributed by atoms with E-state index in [1.807, 2.05) is 0 Å². The zero-order chi connectivity index (χ0) is 4.99. The van der Waals surface area contributed by atoms with Gasteiger partial charge in [0.25, 0.3) is 5.97 Å². The van der Waals surface area contributed by atoms with Crippen LogP contribution in [0.15, 0.2) is 0 Å². The second-order valence-corrected chi connectivity index (χ2v) is 0.930. The first-order valence-corrected chi connectivity index (χ1v) is 1.88. The molecule has 0 radical (unpaired) electrons. The molecule has 36 valence electrons. The van der Waals surface area contributed by atoms with Crippen molar-refractivity contribution in [3.05, 3.63) is 0 Å². The molecule has 0 aliphatic rings. The van der Waals surface area contributed by atoms with Gasteiger partial charge in [0.2, 0.25) is 0 Å². The van der Waals surface area contributed by atoms with E-state index in [1.165, 1.54) is 8.05 Å². The van der Waals surface area contributed by atoms with Crippen LogP contribution < -0.4 is 0 Å². The molecule has 0 aromatic heterocycles. The van der Waals surface area contributed by atoms with E-state index in [2.05, 4.69) is 4.65 Å². The molecule has 0 saturated carbocycles. The van der Waals surface area contributed by atoms with E-state index in [4.69, 9.17) is 0 Å². The van der Waals surface area contributed by atoms with Crippen molar-refractivity contribution in [3.8, 4) is 0 Å². The van der Waals surface area contributed by atoms with Crippen molar-refractivity contribution in [2.75, 3.05) is 0 Å². The number of hydrogen-bond acceptors (Lipinski definition) is 2. The fourth-order valence-corrected chi connectivity index (χ4v) is 0.144. The van der Waals surface area contributed by atoms with Gasteiger partial charge >= 0.3 is 37.6 Å². The summed E-state index contributed by atoms with van der Waals surface area (Å²) in [6.45, 7) is 1.76.